The Morgan fingerprint density at radius 3 is 2.77 bits per heavy atom. The lowest BCUT2D eigenvalue weighted by Crippen LogP contribution is -2.16. The van der Waals surface area contributed by atoms with Crippen molar-refractivity contribution in [2.24, 2.45) is 0 Å². The lowest BCUT2D eigenvalue weighted by Gasteiger charge is -2.20. The summed E-state index contributed by atoms with van der Waals surface area (Å²) < 4.78 is 7.44. The van der Waals surface area contributed by atoms with Crippen LogP contribution in [-0.4, -0.2) is 18.6 Å². The van der Waals surface area contributed by atoms with Crippen molar-refractivity contribution < 1.29 is 4.74 Å². The summed E-state index contributed by atoms with van der Waals surface area (Å²) in [5.41, 5.74) is 1.19. The highest BCUT2D eigenvalue weighted by atomic mass is 35.5. The van der Waals surface area contributed by atoms with Crippen LogP contribution in [0.25, 0.3) is 10.1 Å². The van der Waals surface area contributed by atoms with Crippen molar-refractivity contribution in [2.45, 2.75) is 12.5 Å². The Bertz CT molecular complexity index is 702. The summed E-state index contributed by atoms with van der Waals surface area (Å²) in [5, 5.41) is 6.41. The van der Waals surface area contributed by atoms with E-state index >= 15 is 0 Å². The maximum atomic E-state index is 6.28. The molecule has 3 aromatic rings. The predicted octanol–water partition coefficient (Wildman–Crippen LogP) is 4.45. The number of fused-ring (bicyclic) bond motifs is 1. The van der Waals surface area contributed by atoms with Gasteiger partial charge < -0.3 is 10.1 Å². The zero-order valence-electron chi connectivity index (χ0n) is 12.4. The number of halogens is 1. The Morgan fingerprint density at radius 2 is 2.00 bits per heavy atom. The zero-order valence-corrected chi connectivity index (χ0v) is 14.0. The number of thiophene rings is 1. The Balaban J connectivity index is 0.00000176. The van der Waals surface area contributed by atoms with Gasteiger partial charge in [0, 0.05) is 18.0 Å². The number of hydrogen-bond acceptors (Lipinski definition) is 4. The summed E-state index contributed by atoms with van der Waals surface area (Å²) in [5.74, 6) is 0.860. The van der Waals surface area contributed by atoms with E-state index in [9.17, 15) is 0 Å². The Hall–Kier alpha value is -1.62. The Labute approximate surface area is 140 Å². The number of rotatable bonds is 6. The van der Waals surface area contributed by atoms with E-state index in [1.807, 2.05) is 25.5 Å². The van der Waals surface area contributed by atoms with Crippen LogP contribution in [0.4, 0.5) is 0 Å². The molecule has 0 saturated carbocycles. The van der Waals surface area contributed by atoms with E-state index in [0.717, 1.165) is 28.8 Å². The van der Waals surface area contributed by atoms with Crippen molar-refractivity contribution in [3.05, 3.63) is 59.7 Å². The molecule has 0 fully saturated rings. The zero-order chi connectivity index (χ0) is 14.5. The summed E-state index contributed by atoms with van der Waals surface area (Å²) in [6, 6.07) is 12.4. The standard InChI is InChI=1S/C17H18N2OS.ClH/c1-18-9-7-15(13-5-3-2-4-6-13)20-16-11-19-12-17-14(16)8-10-21-17;/h2-6,8,10-12,15,18H,7,9H2,1H3;1H/t15-;/m1./s1. The van der Waals surface area contributed by atoms with Crippen LogP contribution in [0.1, 0.15) is 18.1 Å². The van der Waals surface area contributed by atoms with Crippen molar-refractivity contribution in [1.82, 2.24) is 10.3 Å². The minimum absolute atomic E-state index is 0. The highest BCUT2D eigenvalue weighted by molar-refractivity contribution is 7.17. The number of ether oxygens (including phenoxy) is 1. The molecule has 0 bridgehead atoms. The van der Waals surface area contributed by atoms with Gasteiger partial charge >= 0.3 is 0 Å². The quantitative estimate of drug-likeness (QED) is 0.723. The summed E-state index contributed by atoms with van der Waals surface area (Å²) in [6.45, 7) is 0.909. The summed E-state index contributed by atoms with van der Waals surface area (Å²) in [4.78, 5) is 4.28. The average molecular weight is 335 g/mol. The Kier molecular flexibility index (Phi) is 6.19. The van der Waals surface area contributed by atoms with E-state index in [1.54, 1.807) is 11.3 Å². The number of nitrogens with zero attached hydrogens (tertiary/aromatic N) is 1. The predicted molar refractivity (Wildman–Crippen MR) is 95.2 cm³/mol. The first-order valence-electron chi connectivity index (χ1n) is 7.06. The van der Waals surface area contributed by atoms with Crippen LogP contribution in [-0.2, 0) is 0 Å². The van der Waals surface area contributed by atoms with Gasteiger partial charge in [0.05, 0.1) is 10.9 Å². The number of pyridine rings is 1. The molecule has 1 atom stereocenters. The molecule has 2 heterocycles. The molecule has 0 aliphatic rings. The molecule has 3 rings (SSSR count). The van der Waals surface area contributed by atoms with Gasteiger partial charge in [-0.25, -0.2) is 0 Å². The molecule has 5 heteroatoms. The fourth-order valence-corrected chi connectivity index (χ4v) is 3.12. The third-order valence-electron chi connectivity index (χ3n) is 3.44. The topological polar surface area (TPSA) is 34.1 Å². The highest BCUT2D eigenvalue weighted by Gasteiger charge is 2.14. The van der Waals surface area contributed by atoms with E-state index < -0.39 is 0 Å². The summed E-state index contributed by atoms with van der Waals surface area (Å²) in [6.07, 6.45) is 4.65. The van der Waals surface area contributed by atoms with E-state index in [4.69, 9.17) is 4.74 Å². The lowest BCUT2D eigenvalue weighted by molar-refractivity contribution is 0.197. The molecule has 0 spiro atoms. The number of benzene rings is 1. The maximum Gasteiger partial charge on any atom is 0.147 e. The molecule has 0 saturated heterocycles. The third kappa shape index (κ3) is 3.77. The van der Waals surface area contributed by atoms with E-state index in [1.165, 1.54) is 5.56 Å². The maximum absolute atomic E-state index is 6.28. The van der Waals surface area contributed by atoms with Crippen LogP contribution in [0.5, 0.6) is 5.75 Å². The van der Waals surface area contributed by atoms with Crippen molar-refractivity contribution in [1.29, 1.82) is 0 Å². The third-order valence-corrected chi connectivity index (χ3v) is 4.29. The van der Waals surface area contributed by atoms with Gasteiger partial charge in [0.2, 0.25) is 0 Å². The smallest absolute Gasteiger partial charge is 0.147 e. The van der Waals surface area contributed by atoms with Crippen LogP contribution >= 0.6 is 23.7 Å². The van der Waals surface area contributed by atoms with Gasteiger partial charge in [-0.05, 0) is 30.6 Å². The van der Waals surface area contributed by atoms with Crippen molar-refractivity contribution in [3.8, 4) is 5.75 Å². The molecule has 0 unspecified atom stereocenters. The van der Waals surface area contributed by atoms with Crippen LogP contribution in [0.2, 0.25) is 0 Å². The molecule has 116 valence electrons. The molecule has 1 N–H and O–H groups in total. The van der Waals surface area contributed by atoms with Crippen molar-refractivity contribution >= 4 is 33.8 Å². The molecular weight excluding hydrogens is 316 g/mol. The molecule has 2 aromatic heterocycles. The van der Waals surface area contributed by atoms with Gasteiger partial charge in [0.1, 0.15) is 11.9 Å². The van der Waals surface area contributed by atoms with E-state index in [2.05, 4.69) is 46.0 Å². The molecule has 22 heavy (non-hydrogen) atoms. The van der Waals surface area contributed by atoms with Crippen LogP contribution < -0.4 is 10.1 Å². The lowest BCUT2D eigenvalue weighted by atomic mass is 10.1. The van der Waals surface area contributed by atoms with Gasteiger partial charge in [-0.1, -0.05) is 30.3 Å². The van der Waals surface area contributed by atoms with Gasteiger partial charge in [0.25, 0.3) is 0 Å². The molecule has 0 aliphatic carbocycles. The molecule has 1 aromatic carbocycles. The summed E-state index contributed by atoms with van der Waals surface area (Å²) in [7, 11) is 1.96. The molecular formula is C17H19ClN2OS. The van der Waals surface area contributed by atoms with E-state index in [-0.39, 0.29) is 18.5 Å². The van der Waals surface area contributed by atoms with Crippen molar-refractivity contribution in [2.75, 3.05) is 13.6 Å². The first kappa shape index (κ1) is 16.7. The van der Waals surface area contributed by atoms with Crippen LogP contribution in [0.3, 0.4) is 0 Å². The van der Waals surface area contributed by atoms with E-state index in [0.29, 0.717) is 0 Å². The largest absolute Gasteiger partial charge is 0.483 e. The first-order chi connectivity index (χ1) is 10.4. The Morgan fingerprint density at radius 1 is 1.18 bits per heavy atom. The second-order valence-electron chi connectivity index (χ2n) is 4.88. The first-order valence-corrected chi connectivity index (χ1v) is 7.94. The number of aromatic nitrogens is 1. The van der Waals surface area contributed by atoms with Gasteiger partial charge in [-0.15, -0.1) is 23.7 Å². The fourth-order valence-electron chi connectivity index (χ4n) is 2.35. The minimum Gasteiger partial charge on any atom is -0.483 e. The molecule has 0 aliphatic heterocycles. The second kappa shape index (κ2) is 8.13. The van der Waals surface area contributed by atoms with Gasteiger partial charge in [0.15, 0.2) is 0 Å². The normalized spacial score (nSPS) is 11.9. The van der Waals surface area contributed by atoms with Gasteiger partial charge in [-0.3, -0.25) is 4.98 Å². The number of nitrogens with one attached hydrogen (secondary N) is 1. The minimum atomic E-state index is 0. The van der Waals surface area contributed by atoms with Gasteiger partial charge in [-0.2, -0.15) is 0 Å². The van der Waals surface area contributed by atoms with Crippen LogP contribution in [0.15, 0.2) is 54.2 Å². The van der Waals surface area contributed by atoms with Crippen LogP contribution in [0, 0.1) is 0 Å². The SMILES string of the molecule is CNCC[C@@H](Oc1cncc2sccc12)c1ccccc1.Cl. The summed E-state index contributed by atoms with van der Waals surface area (Å²) >= 11 is 1.69. The molecule has 0 amide bonds. The second-order valence-corrected chi connectivity index (χ2v) is 5.83. The van der Waals surface area contributed by atoms with Crippen molar-refractivity contribution in [3.63, 3.8) is 0 Å². The molecule has 0 radical (unpaired) electrons. The average Bonchev–Trinajstić information content (AvgIpc) is 3.01. The highest BCUT2D eigenvalue weighted by Crippen LogP contribution is 2.32. The monoisotopic (exact) mass is 334 g/mol. The number of hydrogen-bond donors (Lipinski definition) is 1. The molecule has 3 nitrogen and oxygen atoms in total. The fraction of sp³-hybridized carbons (Fsp3) is 0.235.